The quantitative estimate of drug-likeness (QED) is 0.276. The molecule has 4 rings (SSSR count). The number of anilines is 1. The van der Waals surface area contributed by atoms with E-state index in [1.165, 1.54) is 0 Å². The molecule has 1 aliphatic rings. The Morgan fingerprint density at radius 1 is 1.11 bits per heavy atom. The maximum absolute atomic E-state index is 11.9. The van der Waals surface area contributed by atoms with Crippen LogP contribution in [0, 0.1) is 10.1 Å². The van der Waals surface area contributed by atoms with Gasteiger partial charge >= 0.3 is 0 Å². The van der Waals surface area contributed by atoms with Gasteiger partial charge in [0.15, 0.2) is 0 Å². The zero-order valence-corrected chi connectivity index (χ0v) is 23.1. The van der Waals surface area contributed by atoms with Crippen LogP contribution < -0.4 is 14.4 Å². The van der Waals surface area contributed by atoms with E-state index in [4.69, 9.17) is 32.7 Å². The first kappa shape index (κ1) is 27.0. The average Bonchev–Trinajstić information content (AvgIpc) is 3.30. The molecule has 9 nitrogen and oxygen atoms in total. The van der Waals surface area contributed by atoms with E-state index in [2.05, 4.69) is 20.0 Å². The molecule has 0 aliphatic heterocycles. The average molecular weight is 548 g/mol. The standard InChI is InChI=1S/C26H31Cl2N5O4/c1-31(2)10-11-32(3)16-7-9-20(33(34)35)18(13-16)26-17-8-6-15(12-19(17)29-30-26)23-24(27)21(36-4)14-22(37-5)25(23)28/h7,9,13-15H,6,8,10-12H2,1-5H3,(H,29,30). The van der Waals surface area contributed by atoms with Gasteiger partial charge < -0.3 is 19.3 Å². The summed E-state index contributed by atoms with van der Waals surface area (Å²) in [5.41, 5.74) is 4.73. The predicted octanol–water partition coefficient (Wildman–Crippen LogP) is 5.58. The third-order valence-electron chi connectivity index (χ3n) is 6.92. The van der Waals surface area contributed by atoms with E-state index in [-0.39, 0.29) is 16.5 Å². The second kappa shape index (κ2) is 11.2. The Morgan fingerprint density at radius 3 is 2.38 bits per heavy atom. The maximum Gasteiger partial charge on any atom is 0.278 e. The SMILES string of the molecule is COc1cc(OC)c(Cl)c(C2CCc3c(-c4cc(N(C)CCN(C)C)ccc4[N+](=O)[O-])n[nH]c3C2)c1Cl. The van der Waals surface area contributed by atoms with Gasteiger partial charge in [-0.25, -0.2) is 0 Å². The number of likely N-dealkylation sites (N-methyl/N-ethyl adjacent to an activating group) is 2. The van der Waals surface area contributed by atoms with Crippen LogP contribution in [-0.4, -0.2) is 68.5 Å². The summed E-state index contributed by atoms with van der Waals surface area (Å²) < 4.78 is 10.9. The molecule has 3 aromatic rings. The number of methoxy groups -OCH3 is 2. The van der Waals surface area contributed by atoms with E-state index in [0.29, 0.717) is 45.6 Å². The Kier molecular flexibility index (Phi) is 8.16. The summed E-state index contributed by atoms with van der Waals surface area (Å²) in [6.45, 7) is 1.65. The van der Waals surface area contributed by atoms with Gasteiger partial charge in [-0.3, -0.25) is 15.2 Å². The number of halogens is 2. The van der Waals surface area contributed by atoms with Crippen molar-refractivity contribution in [2.75, 3.05) is 53.4 Å². The number of hydrogen-bond donors (Lipinski definition) is 1. The molecule has 0 saturated heterocycles. The number of hydrogen-bond acceptors (Lipinski definition) is 7. The lowest BCUT2D eigenvalue weighted by molar-refractivity contribution is -0.384. The lowest BCUT2D eigenvalue weighted by atomic mass is 9.81. The van der Waals surface area contributed by atoms with Crippen LogP contribution in [0.2, 0.25) is 10.0 Å². The molecule has 37 heavy (non-hydrogen) atoms. The van der Waals surface area contributed by atoms with Gasteiger partial charge in [-0.1, -0.05) is 23.2 Å². The number of aromatic amines is 1. The molecule has 1 heterocycles. The van der Waals surface area contributed by atoms with E-state index in [1.54, 1.807) is 32.4 Å². The van der Waals surface area contributed by atoms with Crippen molar-refractivity contribution in [3.63, 3.8) is 0 Å². The summed E-state index contributed by atoms with van der Waals surface area (Å²) in [6, 6.07) is 6.88. The van der Waals surface area contributed by atoms with E-state index >= 15 is 0 Å². The monoisotopic (exact) mass is 547 g/mol. The number of nitro groups is 1. The van der Waals surface area contributed by atoms with E-state index < -0.39 is 0 Å². The minimum absolute atomic E-state index is 0.00304. The van der Waals surface area contributed by atoms with Gasteiger partial charge in [-0.05, 0) is 51.4 Å². The Morgan fingerprint density at radius 2 is 1.78 bits per heavy atom. The highest BCUT2D eigenvalue weighted by Crippen LogP contribution is 2.48. The van der Waals surface area contributed by atoms with Crippen molar-refractivity contribution in [3.8, 4) is 22.8 Å². The molecular weight excluding hydrogens is 517 g/mol. The van der Waals surface area contributed by atoms with Crippen LogP contribution in [0.5, 0.6) is 11.5 Å². The number of benzene rings is 2. The van der Waals surface area contributed by atoms with Crippen LogP contribution in [0.25, 0.3) is 11.3 Å². The Balaban J connectivity index is 1.70. The van der Waals surface area contributed by atoms with E-state index in [0.717, 1.165) is 42.0 Å². The van der Waals surface area contributed by atoms with Gasteiger partial charge in [0.2, 0.25) is 0 Å². The van der Waals surface area contributed by atoms with Crippen molar-refractivity contribution in [2.24, 2.45) is 0 Å². The third kappa shape index (κ3) is 5.35. The maximum atomic E-state index is 11.9. The first-order valence-corrected chi connectivity index (χ1v) is 12.7. The fourth-order valence-electron chi connectivity index (χ4n) is 4.83. The minimum Gasteiger partial charge on any atom is -0.495 e. The van der Waals surface area contributed by atoms with Crippen molar-refractivity contribution in [2.45, 2.75) is 25.2 Å². The van der Waals surface area contributed by atoms with Crippen LogP contribution in [0.1, 0.15) is 29.2 Å². The van der Waals surface area contributed by atoms with Crippen LogP contribution in [0.15, 0.2) is 24.3 Å². The lowest BCUT2D eigenvalue weighted by Gasteiger charge is -2.26. The smallest absolute Gasteiger partial charge is 0.278 e. The largest absolute Gasteiger partial charge is 0.495 e. The molecule has 1 atom stereocenters. The molecule has 11 heteroatoms. The molecule has 0 bridgehead atoms. The van der Waals surface area contributed by atoms with Crippen molar-refractivity contribution in [1.29, 1.82) is 0 Å². The van der Waals surface area contributed by atoms with Crippen LogP contribution in [0.4, 0.5) is 11.4 Å². The number of nitrogens with one attached hydrogen (secondary N) is 1. The number of ether oxygens (including phenoxy) is 2. The van der Waals surface area contributed by atoms with Gasteiger partial charge in [0.25, 0.3) is 5.69 Å². The molecule has 1 N–H and O–H groups in total. The highest BCUT2D eigenvalue weighted by molar-refractivity contribution is 6.38. The van der Waals surface area contributed by atoms with Crippen molar-refractivity contribution >= 4 is 34.6 Å². The molecule has 0 saturated carbocycles. The zero-order valence-electron chi connectivity index (χ0n) is 21.6. The van der Waals surface area contributed by atoms with Crippen LogP contribution >= 0.6 is 23.2 Å². The van der Waals surface area contributed by atoms with Gasteiger partial charge in [0, 0.05) is 54.8 Å². The normalized spacial score (nSPS) is 15.0. The number of rotatable bonds is 9. The van der Waals surface area contributed by atoms with Gasteiger partial charge in [-0.15, -0.1) is 0 Å². The molecule has 0 amide bonds. The minimum atomic E-state index is -0.353. The van der Waals surface area contributed by atoms with Crippen molar-refractivity contribution < 1.29 is 14.4 Å². The summed E-state index contributed by atoms with van der Waals surface area (Å²) in [5, 5.41) is 20.5. The second-order valence-electron chi connectivity index (χ2n) is 9.48. The summed E-state index contributed by atoms with van der Waals surface area (Å²) >= 11 is 13.4. The van der Waals surface area contributed by atoms with Crippen molar-refractivity contribution in [1.82, 2.24) is 15.1 Å². The van der Waals surface area contributed by atoms with Gasteiger partial charge in [0.05, 0.1) is 34.8 Å². The molecule has 198 valence electrons. The van der Waals surface area contributed by atoms with Gasteiger partial charge in [0.1, 0.15) is 17.2 Å². The van der Waals surface area contributed by atoms with E-state index in [9.17, 15) is 10.1 Å². The molecule has 1 aromatic heterocycles. The fourth-order valence-corrected chi connectivity index (χ4v) is 5.64. The highest BCUT2D eigenvalue weighted by atomic mass is 35.5. The molecule has 0 spiro atoms. The molecule has 1 aliphatic carbocycles. The number of aromatic nitrogens is 2. The molecule has 2 aromatic carbocycles. The predicted molar refractivity (Wildman–Crippen MR) is 147 cm³/mol. The molecule has 0 radical (unpaired) electrons. The molecule has 1 unspecified atom stereocenters. The second-order valence-corrected chi connectivity index (χ2v) is 10.2. The summed E-state index contributed by atoms with van der Waals surface area (Å²) in [5.74, 6) is 1.00. The third-order valence-corrected chi connectivity index (χ3v) is 7.70. The Bertz CT molecular complexity index is 1280. The molecular formula is C26H31Cl2N5O4. The molecule has 0 fully saturated rings. The van der Waals surface area contributed by atoms with Crippen LogP contribution in [0.3, 0.4) is 0 Å². The fraction of sp³-hybridized carbons (Fsp3) is 0.423. The lowest BCUT2D eigenvalue weighted by Crippen LogP contribution is -2.28. The summed E-state index contributed by atoms with van der Waals surface area (Å²) in [4.78, 5) is 15.7. The van der Waals surface area contributed by atoms with E-state index in [1.807, 2.05) is 27.2 Å². The highest BCUT2D eigenvalue weighted by Gasteiger charge is 2.32. The van der Waals surface area contributed by atoms with Crippen molar-refractivity contribution in [3.05, 3.63) is 61.2 Å². The number of nitro benzene ring substituents is 1. The Hall–Kier alpha value is -3.01. The first-order valence-electron chi connectivity index (χ1n) is 12.0. The first-order chi connectivity index (χ1) is 17.7. The topological polar surface area (TPSA) is 96.8 Å². The summed E-state index contributed by atoms with van der Waals surface area (Å²) in [7, 11) is 9.12. The zero-order chi connectivity index (χ0) is 26.9. The number of nitrogens with zero attached hydrogens (tertiary/aromatic N) is 4. The van der Waals surface area contributed by atoms with Gasteiger partial charge in [-0.2, -0.15) is 5.10 Å². The number of fused-ring (bicyclic) bond motifs is 1. The Labute approximate surface area is 226 Å². The summed E-state index contributed by atoms with van der Waals surface area (Å²) in [6.07, 6.45) is 2.01. The van der Waals surface area contributed by atoms with Crippen LogP contribution in [-0.2, 0) is 12.8 Å². The number of H-pyrrole nitrogens is 1.